The maximum atomic E-state index is 5.85. The fourth-order valence-electron chi connectivity index (χ4n) is 1.32. The summed E-state index contributed by atoms with van der Waals surface area (Å²) in [6.45, 7) is 4.82. The Morgan fingerprint density at radius 1 is 1.47 bits per heavy atom. The highest BCUT2D eigenvalue weighted by atomic mass is 35.5. The van der Waals surface area contributed by atoms with Crippen LogP contribution in [0.25, 0.3) is 0 Å². The first-order valence-electron chi connectivity index (χ1n) is 5.47. The molecular formula is C11H14ClN3OS. The van der Waals surface area contributed by atoms with Crippen molar-refractivity contribution in [2.45, 2.75) is 26.2 Å². The maximum Gasteiger partial charge on any atom is 0.321 e. The molecule has 92 valence electrons. The van der Waals surface area contributed by atoms with Gasteiger partial charge >= 0.3 is 6.01 Å². The summed E-state index contributed by atoms with van der Waals surface area (Å²) < 4.78 is 5.89. The van der Waals surface area contributed by atoms with Crippen molar-refractivity contribution in [3.05, 3.63) is 27.2 Å². The van der Waals surface area contributed by atoms with Crippen LogP contribution in [-0.2, 0) is 6.42 Å². The number of hydrogen-bond donors (Lipinski definition) is 1. The summed E-state index contributed by atoms with van der Waals surface area (Å²) in [6, 6.07) is 4.42. The molecule has 0 fully saturated rings. The highest BCUT2D eigenvalue weighted by Gasteiger charge is 2.08. The third kappa shape index (κ3) is 3.44. The lowest BCUT2D eigenvalue weighted by molar-refractivity contribution is 0.419. The van der Waals surface area contributed by atoms with Crippen LogP contribution in [0.4, 0.5) is 6.01 Å². The van der Waals surface area contributed by atoms with Gasteiger partial charge in [0, 0.05) is 17.3 Å². The molecule has 0 bridgehead atoms. The minimum atomic E-state index is 0.283. The highest BCUT2D eigenvalue weighted by Crippen LogP contribution is 2.21. The number of halogens is 1. The molecule has 0 spiro atoms. The van der Waals surface area contributed by atoms with E-state index in [1.54, 1.807) is 11.3 Å². The van der Waals surface area contributed by atoms with E-state index in [9.17, 15) is 0 Å². The third-order valence-corrected chi connectivity index (χ3v) is 3.53. The average molecular weight is 272 g/mol. The molecule has 6 heteroatoms. The number of thiophene rings is 1. The Labute approximate surface area is 109 Å². The molecule has 17 heavy (non-hydrogen) atoms. The highest BCUT2D eigenvalue weighted by molar-refractivity contribution is 7.16. The molecule has 2 rings (SSSR count). The van der Waals surface area contributed by atoms with Crippen molar-refractivity contribution in [2.75, 3.05) is 11.9 Å². The Hall–Kier alpha value is -1.07. The zero-order chi connectivity index (χ0) is 12.3. The second-order valence-electron chi connectivity index (χ2n) is 4.00. The number of anilines is 1. The first-order chi connectivity index (χ1) is 8.15. The van der Waals surface area contributed by atoms with E-state index in [4.69, 9.17) is 16.1 Å². The first-order valence-corrected chi connectivity index (χ1v) is 6.66. The second-order valence-corrected chi connectivity index (χ2v) is 5.79. The summed E-state index contributed by atoms with van der Waals surface area (Å²) in [7, 11) is 0. The van der Waals surface area contributed by atoms with Gasteiger partial charge in [-0.2, -0.15) is 4.98 Å². The van der Waals surface area contributed by atoms with E-state index >= 15 is 0 Å². The monoisotopic (exact) mass is 271 g/mol. The van der Waals surface area contributed by atoms with Gasteiger partial charge in [0.25, 0.3) is 0 Å². The molecule has 0 unspecified atom stereocenters. The molecule has 4 nitrogen and oxygen atoms in total. The Kier molecular flexibility index (Phi) is 4.02. The summed E-state index contributed by atoms with van der Waals surface area (Å²) in [5.41, 5.74) is 0. The SMILES string of the molecule is CC(C)c1noc(NCCc2ccc(Cl)s2)n1. The predicted molar refractivity (Wildman–Crippen MR) is 69.9 cm³/mol. The molecule has 0 aromatic carbocycles. The van der Waals surface area contributed by atoms with E-state index in [0.717, 1.165) is 23.1 Å². The molecular weight excluding hydrogens is 258 g/mol. The lowest BCUT2D eigenvalue weighted by Crippen LogP contribution is -2.04. The molecule has 0 aliphatic heterocycles. The molecule has 0 atom stereocenters. The lowest BCUT2D eigenvalue weighted by atomic mass is 10.2. The average Bonchev–Trinajstić information content (AvgIpc) is 2.88. The van der Waals surface area contributed by atoms with Gasteiger partial charge < -0.3 is 9.84 Å². The largest absolute Gasteiger partial charge is 0.337 e. The molecule has 0 radical (unpaired) electrons. The van der Waals surface area contributed by atoms with Gasteiger partial charge in [-0.15, -0.1) is 11.3 Å². The van der Waals surface area contributed by atoms with Crippen LogP contribution in [0.15, 0.2) is 16.7 Å². The second kappa shape index (κ2) is 5.51. The number of hydrogen-bond acceptors (Lipinski definition) is 5. The van der Waals surface area contributed by atoms with Crippen LogP contribution >= 0.6 is 22.9 Å². The summed E-state index contributed by atoms with van der Waals surface area (Å²) in [5.74, 6) is 1.01. The number of nitrogens with one attached hydrogen (secondary N) is 1. The van der Waals surface area contributed by atoms with E-state index < -0.39 is 0 Å². The molecule has 0 amide bonds. The van der Waals surface area contributed by atoms with Gasteiger partial charge in [-0.25, -0.2) is 0 Å². The molecule has 2 heterocycles. The van der Waals surface area contributed by atoms with E-state index in [1.807, 2.05) is 26.0 Å². The molecule has 1 N–H and O–H groups in total. The van der Waals surface area contributed by atoms with Gasteiger partial charge in [0.15, 0.2) is 5.82 Å². The molecule has 0 saturated carbocycles. The van der Waals surface area contributed by atoms with Gasteiger partial charge in [0.2, 0.25) is 0 Å². The molecule has 2 aromatic heterocycles. The molecule has 2 aromatic rings. The van der Waals surface area contributed by atoms with Crippen LogP contribution in [-0.4, -0.2) is 16.7 Å². The van der Waals surface area contributed by atoms with Crippen molar-refractivity contribution in [1.29, 1.82) is 0 Å². The fraction of sp³-hybridized carbons (Fsp3) is 0.455. The van der Waals surface area contributed by atoms with Crippen LogP contribution < -0.4 is 5.32 Å². The van der Waals surface area contributed by atoms with Crippen molar-refractivity contribution in [3.63, 3.8) is 0 Å². The van der Waals surface area contributed by atoms with Crippen LogP contribution in [0.3, 0.4) is 0 Å². The first kappa shape index (κ1) is 12.4. The van der Waals surface area contributed by atoms with E-state index in [-0.39, 0.29) is 5.92 Å². The van der Waals surface area contributed by atoms with Crippen molar-refractivity contribution >= 4 is 29.0 Å². The fourth-order valence-corrected chi connectivity index (χ4v) is 2.41. The minimum Gasteiger partial charge on any atom is -0.337 e. The Bertz CT molecular complexity index is 481. The zero-order valence-electron chi connectivity index (χ0n) is 9.74. The van der Waals surface area contributed by atoms with Gasteiger partial charge in [-0.1, -0.05) is 30.6 Å². The van der Waals surface area contributed by atoms with E-state index in [1.165, 1.54) is 4.88 Å². The molecule has 0 aliphatic rings. The Morgan fingerprint density at radius 2 is 2.29 bits per heavy atom. The topological polar surface area (TPSA) is 51.0 Å². The maximum absolute atomic E-state index is 5.85. The summed E-state index contributed by atoms with van der Waals surface area (Å²) in [6.07, 6.45) is 0.900. The smallest absolute Gasteiger partial charge is 0.321 e. The van der Waals surface area contributed by atoms with Crippen molar-refractivity contribution < 1.29 is 4.52 Å². The van der Waals surface area contributed by atoms with Crippen LogP contribution in [0.1, 0.15) is 30.5 Å². The van der Waals surface area contributed by atoms with E-state index in [2.05, 4.69) is 15.5 Å². The van der Waals surface area contributed by atoms with Crippen LogP contribution in [0.2, 0.25) is 4.34 Å². The summed E-state index contributed by atoms with van der Waals surface area (Å²) in [4.78, 5) is 5.48. The number of nitrogens with zero attached hydrogens (tertiary/aromatic N) is 2. The lowest BCUT2D eigenvalue weighted by Gasteiger charge is -1.98. The van der Waals surface area contributed by atoms with Crippen LogP contribution in [0.5, 0.6) is 0 Å². The Morgan fingerprint density at radius 3 is 2.88 bits per heavy atom. The molecule has 0 saturated heterocycles. The van der Waals surface area contributed by atoms with Gasteiger partial charge in [-0.05, 0) is 18.6 Å². The van der Waals surface area contributed by atoms with Crippen molar-refractivity contribution in [3.8, 4) is 0 Å². The van der Waals surface area contributed by atoms with Crippen LogP contribution in [0, 0.1) is 0 Å². The molecule has 0 aliphatic carbocycles. The van der Waals surface area contributed by atoms with Gasteiger partial charge in [0.1, 0.15) is 0 Å². The standard InChI is InChI=1S/C11H14ClN3OS/c1-7(2)10-14-11(16-15-10)13-6-5-8-3-4-9(12)17-8/h3-4,7H,5-6H2,1-2H3,(H,13,14,15). The van der Waals surface area contributed by atoms with Gasteiger partial charge in [-0.3, -0.25) is 0 Å². The minimum absolute atomic E-state index is 0.283. The summed E-state index contributed by atoms with van der Waals surface area (Å²) in [5, 5.41) is 6.98. The van der Waals surface area contributed by atoms with Gasteiger partial charge in [0.05, 0.1) is 4.34 Å². The Balaban J connectivity index is 1.81. The number of aromatic nitrogens is 2. The third-order valence-electron chi connectivity index (χ3n) is 2.23. The van der Waals surface area contributed by atoms with E-state index in [0.29, 0.717) is 6.01 Å². The van der Waals surface area contributed by atoms with Crippen molar-refractivity contribution in [2.24, 2.45) is 0 Å². The predicted octanol–water partition coefficient (Wildman–Crippen LogP) is 3.56. The number of rotatable bonds is 5. The normalized spacial score (nSPS) is 11.1. The zero-order valence-corrected chi connectivity index (χ0v) is 11.3. The van der Waals surface area contributed by atoms with Crippen molar-refractivity contribution in [1.82, 2.24) is 10.1 Å². The summed E-state index contributed by atoms with van der Waals surface area (Å²) >= 11 is 7.44. The quantitative estimate of drug-likeness (QED) is 0.903.